The van der Waals surface area contributed by atoms with Gasteiger partial charge in [0.2, 0.25) is 0 Å². The van der Waals surface area contributed by atoms with Gasteiger partial charge in [-0.3, -0.25) is 0 Å². The minimum Gasteiger partial charge on any atom is -0.320 e. The maximum Gasteiger partial charge on any atom is 0.0931 e. The van der Waals surface area contributed by atoms with Gasteiger partial charge in [0.05, 0.1) is 4.34 Å². The first kappa shape index (κ1) is 14.0. The third-order valence-electron chi connectivity index (χ3n) is 2.59. The number of rotatable bonds is 7. The molecule has 1 aromatic heterocycles. The van der Waals surface area contributed by atoms with Crippen LogP contribution in [-0.4, -0.2) is 26.7 Å². The van der Waals surface area contributed by atoms with Crippen molar-refractivity contribution < 1.29 is 0 Å². The molecule has 92 valence electrons. The van der Waals surface area contributed by atoms with E-state index < -0.39 is 0 Å². The molecule has 0 saturated carbocycles. The van der Waals surface area contributed by atoms with Crippen molar-refractivity contribution >= 4 is 22.9 Å². The second-order valence-electron chi connectivity index (χ2n) is 4.62. The zero-order valence-electron chi connectivity index (χ0n) is 10.3. The standard InChI is InChI=1S/C12H21ClN2S/c1-12(2,9-15-8-4-7-14-3)10-5-6-11(13)16-10/h5-6,14-15H,4,7-9H2,1-3H3. The second-order valence-corrected chi connectivity index (χ2v) is 6.34. The highest BCUT2D eigenvalue weighted by molar-refractivity contribution is 7.16. The number of hydrogen-bond donors (Lipinski definition) is 2. The van der Waals surface area contributed by atoms with E-state index in [9.17, 15) is 0 Å². The first-order chi connectivity index (χ1) is 7.56. The molecule has 0 saturated heterocycles. The summed E-state index contributed by atoms with van der Waals surface area (Å²) in [7, 11) is 1.98. The van der Waals surface area contributed by atoms with Crippen LogP contribution in [0.2, 0.25) is 4.34 Å². The predicted octanol–water partition coefficient (Wildman–Crippen LogP) is 2.88. The molecular weight excluding hydrogens is 240 g/mol. The quantitative estimate of drug-likeness (QED) is 0.737. The molecule has 0 aliphatic heterocycles. The Hall–Kier alpha value is -0.0900. The van der Waals surface area contributed by atoms with Crippen LogP contribution in [0, 0.1) is 0 Å². The largest absolute Gasteiger partial charge is 0.320 e. The van der Waals surface area contributed by atoms with Crippen molar-refractivity contribution in [1.29, 1.82) is 0 Å². The van der Waals surface area contributed by atoms with E-state index in [2.05, 4.69) is 30.5 Å². The van der Waals surface area contributed by atoms with Gasteiger partial charge >= 0.3 is 0 Å². The molecule has 0 spiro atoms. The van der Waals surface area contributed by atoms with E-state index in [0.29, 0.717) is 0 Å². The Morgan fingerprint density at radius 3 is 2.62 bits per heavy atom. The Labute approximate surface area is 107 Å². The summed E-state index contributed by atoms with van der Waals surface area (Å²) < 4.78 is 0.873. The van der Waals surface area contributed by atoms with E-state index in [1.807, 2.05) is 13.1 Å². The van der Waals surface area contributed by atoms with Gasteiger partial charge < -0.3 is 10.6 Å². The molecule has 1 heterocycles. The van der Waals surface area contributed by atoms with Crippen LogP contribution in [0.3, 0.4) is 0 Å². The number of hydrogen-bond acceptors (Lipinski definition) is 3. The molecule has 16 heavy (non-hydrogen) atoms. The fraction of sp³-hybridized carbons (Fsp3) is 0.667. The lowest BCUT2D eigenvalue weighted by atomic mass is 9.91. The SMILES string of the molecule is CNCCCNCC(C)(C)c1ccc(Cl)s1. The van der Waals surface area contributed by atoms with E-state index in [1.54, 1.807) is 11.3 Å². The third kappa shape index (κ3) is 4.42. The van der Waals surface area contributed by atoms with Crippen LogP contribution < -0.4 is 10.6 Å². The summed E-state index contributed by atoms with van der Waals surface area (Å²) in [6.07, 6.45) is 1.16. The zero-order valence-corrected chi connectivity index (χ0v) is 11.8. The van der Waals surface area contributed by atoms with Crippen molar-refractivity contribution in [3.05, 3.63) is 21.3 Å². The number of halogens is 1. The molecule has 1 rings (SSSR count). The number of thiophene rings is 1. The summed E-state index contributed by atoms with van der Waals surface area (Å²) in [4.78, 5) is 1.35. The molecule has 0 amide bonds. The molecule has 1 aromatic rings. The summed E-state index contributed by atoms with van der Waals surface area (Å²) in [5, 5.41) is 6.64. The van der Waals surface area contributed by atoms with Gasteiger partial charge in [-0.1, -0.05) is 25.4 Å². The topological polar surface area (TPSA) is 24.1 Å². The Bertz CT molecular complexity index is 310. The average Bonchev–Trinajstić information content (AvgIpc) is 2.65. The normalized spacial score (nSPS) is 12.0. The molecule has 2 N–H and O–H groups in total. The third-order valence-corrected chi connectivity index (χ3v) is 4.18. The Kier molecular flexibility index (Phi) is 5.76. The summed E-state index contributed by atoms with van der Waals surface area (Å²) in [6.45, 7) is 7.62. The van der Waals surface area contributed by atoms with Crippen LogP contribution >= 0.6 is 22.9 Å². The van der Waals surface area contributed by atoms with Crippen molar-refractivity contribution in [2.24, 2.45) is 0 Å². The van der Waals surface area contributed by atoms with Gasteiger partial charge in [-0.25, -0.2) is 0 Å². The van der Waals surface area contributed by atoms with Crippen LogP contribution in [0.5, 0.6) is 0 Å². The van der Waals surface area contributed by atoms with Crippen molar-refractivity contribution in [3.63, 3.8) is 0 Å². The molecule has 0 aliphatic carbocycles. The highest BCUT2D eigenvalue weighted by Crippen LogP contribution is 2.31. The second kappa shape index (κ2) is 6.60. The molecule has 0 atom stereocenters. The van der Waals surface area contributed by atoms with Gasteiger partial charge in [0, 0.05) is 16.8 Å². The Morgan fingerprint density at radius 2 is 2.06 bits per heavy atom. The van der Waals surface area contributed by atoms with Gasteiger partial charge in [-0.05, 0) is 38.7 Å². The lowest BCUT2D eigenvalue weighted by molar-refractivity contribution is 0.472. The molecule has 0 fully saturated rings. The molecular formula is C12H21ClN2S. The van der Waals surface area contributed by atoms with E-state index >= 15 is 0 Å². The fourth-order valence-corrected chi connectivity index (χ4v) is 2.70. The van der Waals surface area contributed by atoms with E-state index in [1.165, 1.54) is 4.88 Å². The molecule has 4 heteroatoms. The van der Waals surface area contributed by atoms with E-state index in [-0.39, 0.29) is 5.41 Å². The lowest BCUT2D eigenvalue weighted by Crippen LogP contribution is -2.33. The van der Waals surface area contributed by atoms with Crippen molar-refractivity contribution in [2.75, 3.05) is 26.7 Å². The van der Waals surface area contributed by atoms with Crippen LogP contribution in [0.1, 0.15) is 25.1 Å². The lowest BCUT2D eigenvalue weighted by Gasteiger charge is -2.23. The summed E-state index contributed by atoms with van der Waals surface area (Å²) in [6, 6.07) is 4.10. The molecule has 0 bridgehead atoms. The van der Waals surface area contributed by atoms with Crippen LogP contribution in [0.4, 0.5) is 0 Å². The van der Waals surface area contributed by atoms with E-state index in [4.69, 9.17) is 11.6 Å². The van der Waals surface area contributed by atoms with Gasteiger partial charge in [0.1, 0.15) is 0 Å². The monoisotopic (exact) mass is 260 g/mol. The molecule has 0 unspecified atom stereocenters. The number of nitrogens with one attached hydrogen (secondary N) is 2. The Morgan fingerprint density at radius 1 is 1.31 bits per heavy atom. The summed E-state index contributed by atoms with van der Waals surface area (Å²) in [5.41, 5.74) is 0.164. The van der Waals surface area contributed by atoms with Gasteiger partial charge in [0.15, 0.2) is 0 Å². The van der Waals surface area contributed by atoms with Gasteiger partial charge in [-0.2, -0.15) is 0 Å². The minimum atomic E-state index is 0.164. The van der Waals surface area contributed by atoms with Crippen molar-refractivity contribution in [3.8, 4) is 0 Å². The zero-order chi connectivity index (χ0) is 12.0. The maximum atomic E-state index is 5.96. The smallest absolute Gasteiger partial charge is 0.0931 e. The van der Waals surface area contributed by atoms with Gasteiger partial charge in [0.25, 0.3) is 0 Å². The highest BCUT2D eigenvalue weighted by atomic mass is 35.5. The van der Waals surface area contributed by atoms with Crippen LogP contribution in [0.25, 0.3) is 0 Å². The summed E-state index contributed by atoms with van der Waals surface area (Å²) in [5.74, 6) is 0. The van der Waals surface area contributed by atoms with Crippen molar-refractivity contribution in [1.82, 2.24) is 10.6 Å². The molecule has 2 nitrogen and oxygen atoms in total. The first-order valence-electron chi connectivity index (χ1n) is 5.67. The van der Waals surface area contributed by atoms with E-state index in [0.717, 1.165) is 30.4 Å². The highest BCUT2D eigenvalue weighted by Gasteiger charge is 2.21. The molecule has 0 aromatic carbocycles. The predicted molar refractivity (Wildman–Crippen MR) is 73.8 cm³/mol. The first-order valence-corrected chi connectivity index (χ1v) is 6.87. The van der Waals surface area contributed by atoms with Gasteiger partial charge in [-0.15, -0.1) is 11.3 Å². The van der Waals surface area contributed by atoms with Crippen LogP contribution in [-0.2, 0) is 5.41 Å². The average molecular weight is 261 g/mol. The fourth-order valence-electron chi connectivity index (χ4n) is 1.56. The van der Waals surface area contributed by atoms with Crippen LogP contribution in [0.15, 0.2) is 12.1 Å². The summed E-state index contributed by atoms with van der Waals surface area (Å²) >= 11 is 7.63. The Balaban J connectivity index is 2.34. The molecule has 0 aliphatic rings. The molecule has 0 radical (unpaired) electrons. The maximum absolute atomic E-state index is 5.96. The minimum absolute atomic E-state index is 0.164. The van der Waals surface area contributed by atoms with Crippen molar-refractivity contribution in [2.45, 2.75) is 25.7 Å².